The molecule has 2 heterocycles. The molecule has 0 saturated carbocycles. The molecular formula is C9H17N2O6P. The lowest BCUT2D eigenvalue weighted by molar-refractivity contribution is -0.191. The van der Waals surface area contributed by atoms with Crippen molar-refractivity contribution in [3.05, 3.63) is 0 Å². The van der Waals surface area contributed by atoms with Crippen molar-refractivity contribution in [3.63, 3.8) is 0 Å². The summed E-state index contributed by atoms with van der Waals surface area (Å²) in [6.45, 7) is 1.07. The molecule has 0 aromatic heterocycles. The van der Waals surface area contributed by atoms with Crippen LogP contribution < -0.4 is 0 Å². The Morgan fingerprint density at radius 3 is 2.83 bits per heavy atom. The Morgan fingerprint density at radius 2 is 2.22 bits per heavy atom. The largest absolute Gasteiger partial charge is 0.377 e. The molecule has 8 nitrogen and oxygen atoms in total. The summed E-state index contributed by atoms with van der Waals surface area (Å²) in [4.78, 5) is 11.7. The van der Waals surface area contributed by atoms with Gasteiger partial charge in [-0.25, -0.2) is 4.57 Å². The maximum Gasteiger partial charge on any atom is 0.377 e. The molecule has 2 fully saturated rings. The Kier molecular flexibility index (Phi) is 4.37. The Hall–Kier alpha value is -0.500. The van der Waals surface area contributed by atoms with Gasteiger partial charge in [-0.05, 0) is 6.42 Å². The summed E-state index contributed by atoms with van der Waals surface area (Å²) in [6, 6.07) is 0. The van der Waals surface area contributed by atoms with Gasteiger partial charge in [0.15, 0.2) is 0 Å². The maximum absolute atomic E-state index is 12.8. The molecule has 9 heteroatoms. The second-order valence-electron chi connectivity index (χ2n) is 3.96. The van der Waals surface area contributed by atoms with E-state index in [0.29, 0.717) is 26.2 Å². The number of aliphatic hydroxyl groups is 1. The first-order valence-corrected chi connectivity index (χ1v) is 7.24. The fourth-order valence-corrected chi connectivity index (χ4v) is 4.05. The minimum Gasteiger partial charge on any atom is -0.370 e. The average molecular weight is 280 g/mol. The molecule has 104 valence electrons. The lowest BCUT2D eigenvalue weighted by atomic mass is 10.4. The highest BCUT2D eigenvalue weighted by Gasteiger charge is 2.46. The molecule has 18 heavy (non-hydrogen) atoms. The second kappa shape index (κ2) is 5.64. The smallest absolute Gasteiger partial charge is 0.370 e. The molecule has 1 N–H and O–H groups in total. The van der Waals surface area contributed by atoms with Gasteiger partial charge in [-0.3, -0.25) is 9.46 Å². The van der Waals surface area contributed by atoms with Crippen LogP contribution in [-0.2, 0) is 23.4 Å². The molecule has 0 aliphatic carbocycles. The van der Waals surface area contributed by atoms with Gasteiger partial charge in [0.1, 0.15) is 6.61 Å². The van der Waals surface area contributed by atoms with Gasteiger partial charge < -0.3 is 19.1 Å². The number of ether oxygens (including phenoxy) is 2. The lowest BCUT2D eigenvalue weighted by Gasteiger charge is -2.41. The first kappa shape index (κ1) is 13.9. The lowest BCUT2D eigenvalue weighted by Crippen LogP contribution is -2.48. The van der Waals surface area contributed by atoms with Crippen LogP contribution in [0.25, 0.3) is 0 Å². The summed E-state index contributed by atoms with van der Waals surface area (Å²) < 4.78 is 30.2. The van der Waals surface area contributed by atoms with Crippen molar-refractivity contribution in [3.8, 4) is 0 Å². The van der Waals surface area contributed by atoms with Crippen molar-refractivity contribution in [2.24, 2.45) is 0 Å². The van der Waals surface area contributed by atoms with Crippen LogP contribution in [0, 0.1) is 0 Å². The number of carbonyl (C=O) groups is 1. The van der Waals surface area contributed by atoms with Crippen molar-refractivity contribution in [2.45, 2.75) is 12.8 Å². The van der Waals surface area contributed by atoms with Crippen LogP contribution >= 0.6 is 7.67 Å². The molecule has 0 bridgehead atoms. The number of carbonyl (C=O) groups excluding carboxylic acids is 1. The number of hydrogen-bond donors (Lipinski definition) is 1. The van der Waals surface area contributed by atoms with Crippen LogP contribution in [-0.4, -0.2) is 66.8 Å². The monoisotopic (exact) mass is 280 g/mol. The Labute approximate surface area is 105 Å². The highest BCUT2D eigenvalue weighted by atomic mass is 31.2. The minimum absolute atomic E-state index is 0.127. The Bertz CT molecular complexity index is 365. The highest BCUT2D eigenvalue weighted by molar-refractivity contribution is 7.54. The molecular weight excluding hydrogens is 263 g/mol. The van der Waals surface area contributed by atoms with E-state index in [4.69, 9.17) is 14.0 Å². The normalized spacial score (nSPS) is 30.2. The van der Waals surface area contributed by atoms with Gasteiger partial charge in [-0.1, -0.05) is 0 Å². The molecule has 2 aliphatic heterocycles. The van der Waals surface area contributed by atoms with Crippen LogP contribution in [0.15, 0.2) is 0 Å². The number of rotatable bonds is 3. The Balaban J connectivity index is 2.22. The van der Waals surface area contributed by atoms with Gasteiger partial charge >= 0.3 is 7.67 Å². The zero-order valence-corrected chi connectivity index (χ0v) is 11.0. The minimum atomic E-state index is -3.60. The quantitative estimate of drug-likeness (QED) is 0.703. The van der Waals surface area contributed by atoms with Crippen LogP contribution in [0.3, 0.4) is 0 Å². The summed E-state index contributed by atoms with van der Waals surface area (Å²) >= 11 is 0. The summed E-state index contributed by atoms with van der Waals surface area (Å²) in [5, 5.41) is 9.73. The molecule has 2 atom stereocenters. The topological polar surface area (TPSA) is 88.5 Å². The van der Waals surface area contributed by atoms with E-state index in [-0.39, 0.29) is 13.2 Å². The SMILES string of the molecule is COP(=O)(N1CCOCC1=O)N1CCCOC1O. The Morgan fingerprint density at radius 1 is 1.44 bits per heavy atom. The number of hydrogen-bond acceptors (Lipinski definition) is 6. The predicted octanol–water partition coefficient (Wildman–Crippen LogP) is -0.402. The van der Waals surface area contributed by atoms with Crippen molar-refractivity contribution >= 4 is 13.6 Å². The molecule has 2 saturated heterocycles. The van der Waals surface area contributed by atoms with Gasteiger partial charge in [0.2, 0.25) is 6.41 Å². The molecule has 0 aromatic rings. The van der Waals surface area contributed by atoms with Crippen molar-refractivity contribution in [2.75, 3.05) is 40.0 Å². The van der Waals surface area contributed by atoms with E-state index in [1.165, 1.54) is 11.8 Å². The highest BCUT2D eigenvalue weighted by Crippen LogP contribution is 2.55. The van der Waals surface area contributed by atoms with Crippen LogP contribution in [0.5, 0.6) is 0 Å². The number of morpholine rings is 1. The van der Waals surface area contributed by atoms with Crippen LogP contribution in [0.1, 0.15) is 6.42 Å². The third-order valence-corrected chi connectivity index (χ3v) is 5.44. The fourth-order valence-electron chi connectivity index (χ4n) is 1.98. The molecule has 0 aromatic carbocycles. The maximum atomic E-state index is 12.8. The molecule has 2 aliphatic rings. The molecule has 1 amide bonds. The molecule has 2 unspecified atom stereocenters. The van der Waals surface area contributed by atoms with Gasteiger partial charge in [0.25, 0.3) is 5.91 Å². The number of aliphatic hydroxyl groups excluding tert-OH is 1. The summed E-state index contributed by atoms with van der Waals surface area (Å²) in [5.74, 6) is -0.413. The predicted molar refractivity (Wildman–Crippen MR) is 60.4 cm³/mol. The second-order valence-corrected chi connectivity index (χ2v) is 6.30. The van der Waals surface area contributed by atoms with Gasteiger partial charge in [-0.15, -0.1) is 0 Å². The van der Waals surface area contributed by atoms with E-state index < -0.39 is 20.0 Å². The van der Waals surface area contributed by atoms with E-state index >= 15 is 0 Å². The van der Waals surface area contributed by atoms with E-state index in [0.717, 1.165) is 4.67 Å². The van der Waals surface area contributed by atoms with Crippen molar-refractivity contribution in [1.82, 2.24) is 9.34 Å². The van der Waals surface area contributed by atoms with Crippen molar-refractivity contribution < 1.29 is 28.5 Å². The summed E-state index contributed by atoms with van der Waals surface area (Å²) in [6.07, 6.45) is -0.705. The first-order valence-electron chi connectivity index (χ1n) is 5.71. The van der Waals surface area contributed by atoms with Gasteiger partial charge in [0, 0.05) is 13.7 Å². The fraction of sp³-hybridized carbons (Fsp3) is 0.889. The number of amides is 1. The van der Waals surface area contributed by atoms with Gasteiger partial charge in [-0.2, -0.15) is 4.67 Å². The standard InChI is InChI=1S/C9H17N2O6P/c1-15-18(14,10-4-6-16-7-8(10)12)11-3-2-5-17-9(11)13/h9,13H,2-7H2,1H3. The first-order chi connectivity index (χ1) is 8.59. The van der Waals surface area contributed by atoms with Crippen molar-refractivity contribution in [1.29, 1.82) is 0 Å². The molecule has 0 spiro atoms. The van der Waals surface area contributed by atoms with Gasteiger partial charge in [0.05, 0.1) is 19.8 Å². The van der Waals surface area contributed by atoms with E-state index in [9.17, 15) is 14.5 Å². The summed E-state index contributed by atoms with van der Waals surface area (Å²) in [7, 11) is -2.35. The van der Waals surface area contributed by atoms with Crippen LogP contribution in [0.4, 0.5) is 0 Å². The van der Waals surface area contributed by atoms with Crippen LogP contribution in [0.2, 0.25) is 0 Å². The van der Waals surface area contributed by atoms with E-state index in [1.807, 2.05) is 0 Å². The summed E-state index contributed by atoms with van der Waals surface area (Å²) in [5.41, 5.74) is 0. The zero-order valence-electron chi connectivity index (χ0n) is 10.2. The average Bonchev–Trinajstić information content (AvgIpc) is 2.39. The zero-order chi connectivity index (χ0) is 13.2. The van der Waals surface area contributed by atoms with E-state index in [1.54, 1.807) is 0 Å². The molecule has 2 rings (SSSR count). The third-order valence-electron chi connectivity index (χ3n) is 2.88. The number of nitrogens with zero attached hydrogens (tertiary/aromatic N) is 2. The third kappa shape index (κ3) is 2.45. The molecule has 0 radical (unpaired) electrons. The van der Waals surface area contributed by atoms with E-state index in [2.05, 4.69) is 0 Å².